The predicted molar refractivity (Wildman–Crippen MR) is 120 cm³/mol. The third kappa shape index (κ3) is 5.94. The first-order valence-electron chi connectivity index (χ1n) is 9.90. The molecule has 2 aromatic carbocycles. The number of methoxy groups -OCH3 is 1. The number of urea groups is 1. The highest BCUT2D eigenvalue weighted by Gasteiger charge is 2.31. The normalized spacial score (nSPS) is 10.9. The lowest BCUT2D eigenvalue weighted by molar-refractivity contribution is -0.137. The molecule has 0 aliphatic carbocycles. The number of aromatic nitrogens is 1. The van der Waals surface area contributed by atoms with Crippen molar-refractivity contribution in [2.45, 2.75) is 13.1 Å². The number of ether oxygens (including phenoxy) is 2. The van der Waals surface area contributed by atoms with Gasteiger partial charge < -0.3 is 25.4 Å². The summed E-state index contributed by atoms with van der Waals surface area (Å²) in [7, 11) is 2.76. The van der Waals surface area contributed by atoms with Gasteiger partial charge in [0.15, 0.2) is 0 Å². The van der Waals surface area contributed by atoms with Gasteiger partial charge in [-0.25, -0.2) is 4.79 Å². The van der Waals surface area contributed by atoms with E-state index in [1.807, 2.05) is 0 Å². The summed E-state index contributed by atoms with van der Waals surface area (Å²) in [5.74, 6) is 0.440. The average molecular weight is 474 g/mol. The number of rotatable bonds is 6. The van der Waals surface area contributed by atoms with Crippen LogP contribution in [-0.4, -0.2) is 31.1 Å². The van der Waals surface area contributed by atoms with Gasteiger partial charge in [-0.05, 0) is 42.8 Å². The monoisotopic (exact) mass is 474 g/mol. The topological polar surface area (TPSA) is 102 Å². The van der Waals surface area contributed by atoms with Gasteiger partial charge in [-0.1, -0.05) is 6.07 Å². The van der Waals surface area contributed by atoms with Crippen LogP contribution in [0.3, 0.4) is 0 Å². The van der Waals surface area contributed by atoms with Gasteiger partial charge in [0.2, 0.25) is 0 Å². The molecule has 11 heteroatoms. The summed E-state index contributed by atoms with van der Waals surface area (Å²) in [4.78, 5) is 28.2. The van der Waals surface area contributed by atoms with Crippen molar-refractivity contribution in [3.05, 3.63) is 71.5 Å². The molecular weight excluding hydrogens is 453 g/mol. The van der Waals surface area contributed by atoms with Gasteiger partial charge in [-0.15, -0.1) is 0 Å². The number of nitrogens with one attached hydrogen (secondary N) is 3. The first kappa shape index (κ1) is 24.4. The van der Waals surface area contributed by atoms with Crippen molar-refractivity contribution in [2.24, 2.45) is 0 Å². The quantitative estimate of drug-likeness (QED) is 0.455. The minimum Gasteiger partial charge on any atom is -0.495 e. The number of halogens is 3. The van der Waals surface area contributed by atoms with E-state index in [1.54, 1.807) is 25.1 Å². The molecule has 0 saturated heterocycles. The number of anilines is 2. The second-order valence-electron chi connectivity index (χ2n) is 7.03. The zero-order valence-electron chi connectivity index (χ0n) is 18.4. The molecule has 178 valence electrons. The predicted octanol–water partition coefficient (Wildman–Crippen LogP) is 5.21. The molecule has 0 bridgehead atoms. The number of amides is 3. The second kappa shape index (κ2) is 10.1. The van der Waals surface area contributed by atoms with Crippen LogP contribution in [0, 0.1) is 6.92 Å². The minimum absolute atomic E-state index is 0.0701. The third-order valence-electron chi connectivity index (χ3n) is 4.64. The standard InChI is InChI=1S/C23H21F3N4O4/c1-13-4-6-15(11-20(13)34-16-8-9-28-18(12-16)21(31)27-2)29-22(32)30-17-10-14(23(24,25)26)5-7-19(17)33-3/h4-12H,1-3H3,(H,27,31)(H2,29,30,32). The smallest absolute Gasteiger partial charge is 0.416 e. The molecule has 1 heterocycles. The average Bonchev–Trinajstić information content (AvgIpc) is 2.80. The Hall–Kier alpha value is -4.28. The Balaban J connectivity index is 1.77. The number of pyridine rings is 1. The summed E-state index contributed by atoms with van der Waals surface area (Å²) in [6.45, 7) is 1.79. The van der Waals surface area contributed by atoms with Gasteiger partial charge in [0.25, 0.3) is 5.91 Å². The van der Waals surface area contributed by atoms with Crippen molar-refractivity contribution in [3.63, 3.8) is 0 Å². The van der Waals surface area contributed by atoms with E-state index in [0.29, 0.717) is 17.2 Å². The Morgan fingerprint density at radius 3 is 2.41 bits per heavy atom. The molecule has 1 aromatic heterocycles. The fourth-order valence-corrected chi connectivity index (χ4v) is 2.91. The zero-order chi connectivity index (χ0) is 24.9. The van der Waals surface area contributed by atoms with E-state index >= 15 is 0 Å². The summed E-state index contributed by atoms with van der Waals surface area (Å²) in [5.41, 5.74) is 0.162. The van der Waals surface area contributed by atoms with Gasteiger partial charge >= 0.3 is 12.2 Å². The largest absolute Gasteiger partial charge is 0.495 e. The molecular formula is C23H21F3N4O4. The van der Waals surface area contributed by atoms with Crippen LogP contribution in [0.4, 0.5) is 29.3 Å². The molecule has 0 aliphatic heterocycles. The first-order chi connectivity index (χ1) is 16.1. The number of carbonyl (C=O) groups excluding carboxylic acids is 2. The van der Waals surface area contributed by atoms with Gasteiger partial charge in [0.1, 0.15) is 22.9 Å². The number of benzene rings is 2. The molecule has 0 radical (unpaired) electrons. The Morgan fingerprint density at radius 1 is 0.971 bits per heavy atom. The van der Waals surface area contributed by atoms with E-state index in [1.165, 1.54) is 32.5 Å². The minimum atomic E-state index is -4.58. The van der Waals surface area contributed by atoms with Crippen molar-refractivity contribution in [1.29, 1.82) is 0 Å². The molecule has 0 aliphatic rings. The lowest BCUT2D eigenvalue weighted by Crippen LogP contribution is -2.20. The number of hydrogen-bond donors (Lipinski definition) is 3. The molecule has 8 nitrogen and oxygen atoms in total. The van der Waals surface area contributed by atoms with E-state index in [-0.39, 0.29) is 23.0 Å². The lowest BCUT2D eigenvalue weighted by Gasteiger charge is -2.15. The molecule has 0 fully saturated rings. The number of alkyl halides is 3. The van der Waals surface area contributed by atoms with Crippen molar-refractivity contribution in [3.8, 4) is 17.2 Å². The highest BCUT2D eigenvalue weighted by molar-refractivity contribution is 6.01. The van der Waals surface area contributed by atoms with E-state index in [2.05, 4.69) is 20.9 Å². The van der Waals surface area contributed by atoms with E-state index < -0.39 is 17.8 Å². The summed E-state index contributed by atoms with van der Waals surface area (Å²) in [6.07, 6.45) is -3.15. The van der Waals surface area contributed by atoms with Crippen molar-refractivity contribution >= 4 is 23.3 Å². The van der Waals surface area contributed by atoms with Crippen LogP contribution in [0.1, 0.15) is 21.6 Å². The van der Waals surface area contributed by atoms with Crippen LogP contribution in [0.25, 0.3) is 0 Å². The van der Waals surface area contributed by atoms with E-state index in [0.717, 1.165) is 23.8 Å². The molecule has 0 spiro atoms. The molecule has 34 heavy (non-hydrogen) atoms. The number of hydrogen-bond acceptors (Lipinski definition) is 5. The molecule has 3 amide bonds. The van der Waals surface area contributed by atoms with Crippen molar-refractivity contribution in [1.82, 2.24) is 10.3 Å². The SMILES string of the molecule is CNC(=O)c1cc(Oc2cc(NC(=O)Nc3cc(C(F)(F)F)ccc3OC)ccc2C)ccn1. The molecule has 0 atom stereocenters. The van der Waals surface area contributed by atoms with Crippen molar-refractivity contribution < 1.29 is 32.2 Å². The van der Waals surface area contributed by atoms with Crippen LogP contribution in [0.5, 0.6) is 17.2 Å². The number of carbonyl (C=O) groups is 2. The molecule has 3 rings (SSSR count). The fraction of sp³-hybridized carbons (Fsp3) is 0.174. The van der Waals surface area contributed by atoms with Crippen molar-refractivity contribution in [2.75, 3.05) is 24.8 Å². The van der Waals surface area contributed by atoms with Crippen LogP contribution < -0.4 is 25.4 Å². The first-order valence-corrected chi connectivity index (χ1v) is 9.90. The third-order valence-corrected chi connectivity index (χ3v) is 4.64. The fourth-order valence-electron chi connectivity index (χ4n) is 2.91. The molecule has 0 unspecified atom stereocenters. The Labute approximate surface area is 193 Å². The summed E-state index contributed by atoms with van der Waals surface area (Å²) in [5, 5.41) is 7.38. The van der Waals surface area contributed by atoms with E-state index in [9.17, 15) is 22.8 Å². The van der Waals surface area contributed by atoms with Crippen LogP contribution >= 0.6 is 0 Å². The van der Waals surface area contributed by atoms with Gasteiger partial charge in [0.05, 0.1) is 18.4 Å². The maximum atomic E-state index is 13.0. The van der Waals surface area contributed by atoms with E-state index in [4.69, 9.17) is 9.47 Å². The second-order valence-corrected chi connectivity index (χ2v) is 7.03. The highest BCUT2D eigenvalue weighted by atomic mass is 19.4. The summed E-state index contributed by atoms with van der Waals surface area (Å²) >= 11 is 0. The van der Waals surface area contributed by atoms with Crippen LogP contribution in [0.2, 0.25) is 0 Å². The Kier molecular flexibility index (Phi) is 7.24. The van der Waals surface area contributed by atoms with Crippen LogP contribution in [-0.2, 0) is 6.18 Å². The summed E-state index contributed by atoms with van der Waals surface area (Å²) in [6, 6.07) is 9.86. The Morgan fingerprint density at radius 2 is 1.74 bits per heavy atom. The maximum Gasteiger partial charge on any atom is 0.416 e. The van der Waals surface area contributed by atoms with Crippen LogP contribution in [0.15, 0.2) is 54.7 Å². The van der Waals surface area contributed by atoms with Gasteiger partial charge in [-0.3, -0.25) is 9.78 Å². The van der Waals surface area contributed by atoms with Gasteiger partial charge in [0, 0.05) is 31.1 Å². The molecule has 3 N–H and O–H groups in total. The molecule has 0 saturated carbocycles. The lowest BCUT2D eigenvalue weighted by atomic mass is 10.1. The number of nitrogens with zero attached hydrogens (tertiary/aromatic N) is 1. The maximum absolute atomic E-state index is 13.0. The highest BCUT2D eigenvalue weighted by Crippen LogP contribution is 2.35. The molecule has 3 aromatic rings. The zero-order valence-corrected chi connectivity index (χ0v) is 18.4. The summed E-state index contributed by atoms with van der Waals surface area (Å²) < 4.78 is 50.0. The van der Waals surface area contributed by atoms with Gasteiger partial charge in [-0.2, -0.15) is 13.2 Å². The Bertz CT molecular complexity index is 1220. The number of aryl methyl sites for hydroxylation is 1.